The van der Waals surface area contributed by atoms with Crippen LogP contribution in [-0.4, -0.2) is 130 Å². The van der Waals surface area contributed by atoms with Gasteiger partial charge in [0.25, 0.3) is 11.1 Å². The molecular formula is C87H93BCl3F2N19O10. The zero-order valence-electron chi connectivity index (χ0n) is 68.9. The quantitative estimate of drug-likeness (QED) is 0.0320. The highest BCUT2D eigenvalue weighted by Gasteiger charge is 2.52. The largest absolute Gasteiger partial charge is 0.514 e. The lowest BCUT2D eigenvalue weighted by Gasteiger charge is -2.32. The summed E-state index contributed by atoms with van der Waals surface area (Å²) in [5.41, 5.74) is 26.0. The van der Waals surface area contributed by atoms with E-state index in [1.54, 1.807) is 43.2 Å². The van der Waals surface area contributed by atoms with Crippen molar-refractivity contribution in [3.63, 3.8) is 0 Å². The third-order valence-electron chi connectivity index (χ3n) is 22.3. The van der Waals surface area contributed by atoms with Gasteiger partial charge < -0.3 is 54.1 Å². The molecule has 19 rings (SSSR count). The molecule has 0 bridgehead atoms. The third-order valence-corrected chi connectivity index (χ3v) is 23.2. The number of H-pyrrole nitrogens is 2. The Labute approximate surface area is 717 Å². The minimum Gasteiger partial charge on any atom is -0.398 e. The molecule has 35 heteroatoms. The van der Waals surface area contributed by atoms with Gasteiger partial charge in [0.2, 0.25) is 0 Å². The van der Waals surface area contributed by atoms with Crippen molar-refractivity contribution in [1.29, 1.82) is 0 Å². The summed E-state index contributed by atoms with van der Waals surface area (Å²) in [5, 5.41) is 63.8. The van der Waals surface area contributed by atoms with Crippen molar-refractivity contribution in [2.75, 3.05) is 5.32 Å². The van der Waals surface area contributed by atoms with Crippen LogP contribution in [0.15, 0.2) is 143 Å². The molecule has 8 N–H and O–H groups in total. The highest BCUT2D eigenvalue weighted by Crippen LogP contribution is 2.40. The fraction of sp³-hybridized carbons (Fsp3) is 0.356. The Kier molecular flexibility index (Phi) is 28.1. The molecule has 0 saturated carbocycles. The van der Waals surface area contributed by atoms with Crippen molar-refractivity contribution in [2.24, 2.45) is 5.73 Å². The molecule has 0 unspecified atom stereocenters. The predicted molar refractivity (Wildman–Crippen MR) is 456 cm³/mol. The Balaban J connectivity index is 0.000000129. The number of halogens is 5. The van der Waals surface area contributed by atoms with Gasteiger partial charge in [-0.05, 0) is 258 Å². The van der Waals surface area contributed by atoms with Gasteiger partial charge in [0, 0.05) is 52.5 Å². The first-order valence-corrected chi connectivity index (χ1v) is 41.3. The molecule has 2 aliphatic heterocycles. The van der Waals surface area contributed by atoms with Gasteiger partial charge in [0.05, 0.1) is 124 Å². The van der Waals surface area contributed by atoms with E-state index in [-0.39, 0.29) is 54.7 Å². The third kappa shape index (κ3) is 20.2. The number of fused-ring (bicyclic) bond motifs is 4. The number of aliphatic hydroxyl groups is 3. The number of carbonyl (C=O) groups is 2. The van der Waals surface area contributed by atoms with Gasteiger partial charge in [-0.25, -0.2) is 43.3 Å². The molecule has 1 fully saturated rings. The van der Waals surface area contributed by atoms with Crippen LogP contribution in [0.1, 0.15) is 188 Å². The Morgan fingerprint density at radius 2 is 0.836 bits per heavy atom. The first-order valence-electron chi connectivity index (χ1n) is 40.2. The standard InChI is InChI=1S/C25H25FN6O.C17H16ClN5O.C16H22BN3O3.C8H10FN.C7H6Cl2N2.C7H8N2O2.C7H6O3/c1-15-12-32(14-27-15)23-11-10-21(29-22(23)13-33)24-19-4-3-5-20(19)25(31-30-24)28-16(2)17-6-8-18(26)9-7-17;1-10-7-23(9-19-10)15-6-5-13(20-14(15)8-24)16-11-3-2-4-12(11)17(18)22-21-16;1-11-8-20(10-18-11)13-6-7-14(19-12(13)9-21)17-22-15(2,3)16(4,5)23-17;1-6(10)7-2-4-8(9)5-3-7;8-6-4-2-1-3-5(4)7(9)11-10-6;10-6-4-2-1-3-5(4)7(11)9-8-6;8-6-4-2-1-3-5(4)7(9)10-6/h6-12,14,16,33H,3-5,13H2,1-2H3,(H,28,31);5-7,9,24H,2-4,8H2,1H3;6-8,10,21H,9H2,1-5H3;2-6H,10H2,1H3;1-3H2;1-3H2,(H,8,10)(H,9,11);1-3H2/t16-;;;6-;;;/m0..0.../s1. The number of cyclic esters (lactones) is 2. The minimum atomic E-state index is -0.538. The van der Waals surface area contributed by atoms with E-state index in [1.165, 1.54) is 24.3 Å². The molecule has 12 heterocycles. The molecule has 122 heavy (non-hydrogen) atoms. The topological polar surface area (TPSA) is 396 Å². The van der Waals surface area contributed by atoms with Crippen molar-refractivity contribution in [1.82, 2.24) is 84.4 Å². The van der Waals surface area contributed by atoms with Crippen LogP contribution < -0.4 is 27.8 Å². The fourth-order valence-corrected chi connectivity index (χ4v) is 15.9. The summed E-state index contributed by atoms with van der Waals surface area (Å²) in [4.78, 5) is 70.2. The molecule has 12 aromatic rings. The smallest absolute Gasteiger partial charge is 0.398 e. The number of carbonyl (C=O) groups excluding carboxylic acids is 2. The van der Waals surface area contributed by atoms with Crippen LogP contribution in [0.3, 0.4) is 0 Å². The number of rotatable bonds is 13. The van der Waals surface area contributed by atoms with Gasteiger partial charge in [-0.3, -0.25) is 24.8 Å². The number of hydrogen-bond acceptors (Lipinski definition) is 24. The van der Waals surface area contributed by atoms with Crippen LogP contribution in [-0.2, 0) is 94.8 Å². The zero-order valence-corrected chi connectivity index (χ0v) is 71.1. The highest BCUT2D eigenvalue weighted by molar-refractivity contribution is 6.61. The van der Waals surface area contributed by atoms with E-state index in [1.807, 2.05) is 131 Å². The Morgan fingerprint density at radius 1 is 0.475 bits per heavy atom. The van der Waals surface area contributed by atoms with E-state index in [9.17, 15) is 43.3 Å². The second kappa shape index (κ2) is 38.8. The molecule has 2 aromatic carbocycles. The molecule has 29 nitrogen and oxygen atoms in total. The van der Waals surface area contributed by atoms with E-state index in [0.29, 0.717) is 71.8 Å². The number of aromatic nitrogens is 17. The number of anilines is 1. The lowest BCUT2D eigenvalue weighted by atomic mass is 9.84. The normalized spacial score (nSPS) is 15.7. The number of nitrogens with two attached hydrogens (primary N) is 1. The van der Waals surface area contributed by atoms with Crippen molar-refractivity contribution >= 4 is 65.3 Å². The second-order valence-electron chi connectivity index (χ2n) is 31.3. The number of aromatic amines is 2. The monoisotopic (exact) mass is 1720 g/mol. The summed E-state index contributed by atoms with van der Waals surface area (Å²) < 4.78 is 47.5. The van der Waals surface area contributed by atoms with E-state index >= 15 is 0 Å². The van der Waals surface area contributed by atoms with E-state index < -0.39 is 30.3 Å². The summed E-state index contributed by atoms with van der Waals surface area (Å²) in [7, 11) is -0.538. The number of aryl methyl sites for hydroxylation is 3. The molecule has 7 aliphatic rings. The van der Waals surface area contributed by atoms with Gasteiger partial charge in [-0.2, -0.15) is 0 Å². The van der Waals surface area contributed by atoms with Crippen LogP contribution in [0.25, 0.3) is 39.8 Å². The lowest BCUT2D eigenvalue weighted by Crippen LogP contribution is -2.41. The van der Waals surface area contributed by atoms with E-state index in [2.05, 4.69) is 75.8 Å². The molecule has 5 aliphatic carbocycles. The number of nitrogens with zero attached hydrogens (tertiary/aromatic N) is 15. The molecule has 634 valence electrons. The number of nitrogens with one attached hydrogen (secondary N) is 3. The number of aliphatic hydroxyl groups excluding tert-OH is 3. The average Bonchev–Trinajstić information content (AvgIpc) is 1.62. The number of benzene rings is 2. The number of hydrogen-bond donors (Lipinski definition) is 7. The zero-order chi connectivity index (χ0) is 86.8. The van der Waals surface area contributed by atoms with E-state index in [4.69, 9.17) is 54.8 Å². The number of esters is 2. The summed E-state index contributed by atoms with van der Waals surface area (Å²) in [6.45, 7) is 17.1. The van der Waals surface area contributed by atoms with Crippen molar-refractivity contribution < 1.29 is 47.7 Å². The summed E-state index contributed by atoms with van der Waals surface area (Å²) in [6, 6.07) is 24.1. The van der Waals surface area contributed by atoms with Gasteiger partial charge >= 0.3 is 19.1 Å². The Bertz CT molecular complexity index is 5890. The maximum absolute atomic E-state index is 13.3. The molecular weight excluding hydrogens is 1630 g/mol. The summed E-state index contributed by atoms with van der Waals surface area (Å²) in [6.07, 6.45) is 24.4. The fourth-order valence-electron chi connectivity index (χ4n) is 15.2. The first-order chi connectivity index (χ1) is 58.5. The van der Waals surface area contributed by atoms with Crippen molar-refractivity contribution in [2.45, 2.75) is 202 Å². The predicted octanol–water partition coefficient (Wildman–Crippen LogP) is 12.6. The van der Waals surface area contributed by atoms with Crippen LogP contribution in [0.4, 0.5) is 14.6 Å². The van der Waals surface area contributed by atoms with Gasteiger partial charge in [-0.15, -0.1) is 30.6 Å². The molecule has 0 radical (unpaired) electrons. The van der Waals surface area contributed by atoms with Gasteiger partial charge in [0.15, 0.2) is 21.3 Å². The Hall–Kier alpha value is -11.3. The van der Waals surface area contributed by atoms with Crippen LogP contribution in [0, 0.1) is 32.4 Å². The SMILES string of the molecule is C[C@H](N)c1ccc(F)cc1.Cc1cn(-c2ccc(-c3nnc(Cl)c4c3CCC4)nc2CO)cn1.Cc1cn(-c2ccc(-c3nnc(N[C@@H](C)c4ccc(F)cc4)c4c3CCC4)nc2CO)cn1.Cc1cn(-c2ccc(B3OC(C)(C)C(C)(C)O3)nc2CO)cn1.Clc1nnc(Cl)c2c1CCC2.O=C1OC(=O)C2=C1CCC2.O=c1[nH][nH]c(=O)c2c1CCC2. The van der Waals surface area contributed by atoms with Crippen LogP contribution in [0.2, 0.25) is 15.5 Å². The van der Waals surface area contributed by atoms with Crippen LogP contribution in [0.5, 0.6) is 0 Å². The number of pyridine rings is 3. The Morgan fingerprint density at radius 3 is 1.25 bits per heavy atom. The molecule has 0 amide bonds. The van der Waals surface area contributed by atoms with Gasteiger partial charge in [-0.1, -0.05) is 59.1 Å². The number of imidazole rings is 3. The number of ether oxygens (including phenoxy) is 1. The molecule has 0 spiro atoms. The second-order valence-corrected chi connectivity index (χ2v) is 32.3. The summed E-state index contributed by atoms with van der Waals surface area (Å²) >= 11 is 17.8. The van der Waals surface area contributed by atoms with Crippen molar-refractivity contribution in [3.05, 3.63) is 271 Å². The van der Waals surface area contributed by atoms with Crippen molar-refractivity contribution in [3.8, 4) is 39.8 Å². The average molecular weight is 1720 g/mol. The van der Waals surface area contributed by atoms with Gasteiger partial charge in [0.1, 0.15) is 23.0 Å². The lowest BCUT2D eigenvalue weighted by molar-refractivity contribution is -0.151. The first kappa shape index (κ1) is 88.5. The maximum atomic E-state index is 13.3. The van der Waals surface area contributed by atoms with E-state index in [0.717, 1.165) is 192 Å². The maximum Gasteiger partial charge on any atom is 0.514 e. The molecule has 2 atom stereocenters. The molecule has 10 aromatic heterocycles. The minimum absolute atomic E-state index is 0.0133. The summed E-state index contributed by atoms with van der Waals surface area (Å²) in [5.74, 6) is -0.546. The molecule has 1 saturated heterocycles. The van der Waals surface area contributed by atoms with Crippen LogP contribution >= 0.6 is 34.8 Å². The highest BCUT2D eigenvalue weighted by atomic mass is 35.5.